The van der Waals surface area contributed by atoms with E-state index in [2.05, 4.69) is 10.3 Å². The van der Waals surface area contributed by atoms with Gasteiger partial charge in [0.2, 0.25) is 5.91 Å². The minimum Gasteiger partial charge on any atom is -0.480 e. The first kappa shape index (κ1) is 19.1. The van der Waals surface area contributed by atoms with Gasteiger partial charge in [0.25, 0.3) is 0 Å². The molecule has 1 saturated carbocycles. The maximum atomic E-state index is 12.6. The van der Waals surface area contributed by atoms with Crippen molar-refractivity contribution in [1.29, 1.82) is 0 Å². The Kier molecular flexibility index (Phi) is 5.62. The number of hydrogen-bond acceptors (Lipinski definition) is 5. The molecule has 1 aliphatic heterocycles. The summed E-state index contributed by atoms with van der Waals surface area (Å²) in [7, 11) is 0. The minimum absolute atomic E-state index is 0.0842. The third-order valence-corrected chi connectivity index (χ3v) is 5.69. The number of likely N-dealkylation sites (tertiary alicyclic amines) is 1. The lowest BCUT2D eigenvalue weighted by molar-refractivity contribution is -0.165. The number of carboxylic acid groups (broad SMARTS) is 1. The number of rotatable bonds is 5. The third-order valence-electron chi connectivity index (χ3n) is 5.69. The fraction of sp³-hybridized carbons (Fsp3) is 0.579. The molecule has 0 bridgehead atoms. The molecule has 1 saturated heterocycles. The summed E-state index contributed by atoms with van der Waals surface area (Å²) in [4.78, 5) is 41.5. The number of amides is 3. The number of nitrogens with zero attached hydrogens (tertiary/aromatic N) is 2. The Morgan fingerprint density at radius 1 is 1.37 bits per heavy atom. The number of carboxylic acids is 1. The van der Waals surface area contributed by atoms with Gasteiger partial charge in [-0.25, -0.2) is 19.5 Å². The van der Waals surface area contributed by atoms with Gasteiger partial charge in [-0.05, 0) is 49.8 Å². The second-order valence-electron chi connectivity index (χ2n) is 7.53. The van der Waals surface area contributed by atoms with Crippen molar-refractivity contribution in [3.8, 4) is 0 Å². The maximum absolute atomic E-state index is 12.6. The second kappa shape index (κ2) is 7.94. The topological polar surface area (TPSA) is 126 Å². The molecule has 3 atom stereocenters. The normalized spacial score (nSPS) is 24.2. The minimum atomic E-state index is -1.18. The van der Waals surface area contributed by atoms with Crippen LogP contribution in [-0.2, 0) is 16.0 Å². The van der Waals surface area contributed by atoms with E-state index in [9.17, 15) is 19.5 Å². The largest absolute Gasteiger partial charge is 0.480 e. The zero-order chi connectivity index (χ0) is 19.6. The van der Waals surface area contributed by atoms with E-state index in [1.54, 1.807) is 12.1 Å². The molecule has 1 aromatic heterocycles. The van der Waals surface area contributed by atoms with Gasteiger partial charge in [-0.3, -0.25) is 4.79 Å². The number of anilines is 1. The molecular formula is C19H26N4O4. The molecule has 1 unspecified atom stereocenters. The Morgan fingerprint density at radius 3 is 2.70 bits per heavy atom. The van der Waals surface area contributed by atoms with Crippen LogP contribution in [-0.4, -0.2) is 45.0 Å². The number of hydrogen-bond donors (Lipinski definition) is 3. The fourth-order valence-electron chi connectivity index (χ4n) is 4.15. The molecule has 0 spiro atoms. The number of nitrogen functional groups attached to an aromatic ring is 1. The Hall–Kier alpha value is -2.64. The number of urea groups is 1. The van der Waals surface area contributed by atoms with Crippen LogP contribution in [0, 0.1) is 11.8 Å². The van der Waals surface area contributed by atoms with Crippen LogP contribution < -0.4 is 11.1 Å². The number of pyridine rings is 1. The average Bonchev–Trinajstić information content (AvgIpc) is 2.64. The monoisotopic (exact) mass is 374 g/mol. The van der Waals surface area contributed by atoms with Crippen molar-refractivity contribution in [2.24, 2.45) is 11.8 Å². The Bertz CT molecular complexity index is 732. The molecule has 8 nitrogen and oxygen atoms in total. The number of imide groups is 1. The predicted octanol–water partition coefficient (Wildman–Crippen LogP) is 1.80. The van der Waals surface area contributed by atoms with E-state index in [1.807, 2.05) is 6.92 Å². The number of nitrogens with one attached hydrogen (secondary N) is 1. The van der Waals surface area contributed by atoms with Crippen LogP contribution in [0.2, 0.25) is 0 Å². The summed E-state index contributed by atoms with van der Waals surface area (Å²) >= 11 is 0. The van der Waals surface area contributed by atoms with Crippen LogP contribution in [0.4, 0.5) is 10.6 Å². The van der Waals surface area contributed by atoms with Gasteiger partial charge < -0.3 is 16.2 Å². The highest BCUT2D eigenvalue weighted by molar-refractivity contribution is 6.07. The van der Waals surface area contributed by atoms with Crippen molar-refractivity contribution >= 4 is 23.7 Å². The summed E-state index contributed by atoms with van der Waals surface area (Å²) in [6.07, 6.45) is 7.31. The number of aromatic nitrogens is 1. The quantitative estimate of drug-likeness (QED) is 0.675. The zero-order valence-corrected chi connectivity index (χ0v) is 15.4. The van der Waals surface area contributed by atoms with E-state index in [0.717, 1.165) is 36.1 Å². The highest BCUT2D eigenvalue weighted by atomic mass is 16.4. The average molecular weight is 374 g/mol. The summed E-state index contributed by atoms with van der Waals surface area (Å²) in [5.41, 5.74) is 6.36. The van der Waals surface area contributed by atoms with Crippen molar-refractivity contribution in [3.63, 3.8) is 0 Å². The van der Waals surface area contributed by atoms with Crippen molar-refractivity contribution < 1.29 is 19.5 Å². The molecule has 146 valence electrons. The first-order chi connectivity index (χ1) is 12.9. The Morgan fingerprint density at radius 2 is 2.07 bits per heavy atom. The second-order valence-corrected chi connectivity index (χ2v) is 7.53. The van der Waals surface area contributed by atoms with E-state index < -0.39 is 29.9 Å². The van der Waals surface area contributed by atoms with Gasteiger partial charge in [-0.1, -0.05) is 19.3 Å². The Balaban J connectivity index is 1.65. The van der Waals surface area contributed by atoms with Crippen molar-refractivity contribution in [1.82, 2.24) is 15.2 Å². The molecule has 1 aliphatic carbocycles. The van der Waals surface area contributed by atoms with Crippen LogP contribution in [0.1, 0.15) is 44.6 Å². The van der Waals surface area contributed by atoms with Gasteiger partial charge in [0, 0.05) is 12.2 Å². The molecule has 2 aliphatic rings. The molecule has 1 aromatic rings. The molecule has 3 rings (SSSR count). The van der Waals surface area contributed by atoms with Crippen molar-refractivity contribution in [2.45, 2.75) is 57.5 Å². The SMILES string of the molecule is C[C@@H](NC(=O)N1C(=O)C(Cc2ccnc(N)c2)[C@H]1C(=O)O)C1CCCCC1. The summed E-state index contributed by atoms with van der Waals surface area (Å²) in [5.74, 6) is -1.74. The van der Waals surface area contributed by atoms with Gasteiger partial charge in [0.05, 0.1) is 5.92 Å². The number of aliphatic carboxylic acids is 1. The highest BCUT2D eigenvalue weighted by Gasteiger charge is 2.54. The van der Waals surface area contributed by atoms with E-state index >= 15 is 0 Å². The van der Waals surface area contributed by atoms with E-state index in [1.165, 1.54) is 12.6 Å². The lowest BCUT2D eigenvalue weighted by Gasteiger charge is -2.43. The van der Waals surface area contributed by atoms with Gasteiger partial charge in [-0.2, -0.15) is 0 Å². The lowest BCUT2D eigenvalue weighted by atomic mass is 9.82. The van der Waals surface area contributed by atoms with Crippen LogP contribution in [0.25, 0.3) is 0 Å². The molecule has 4 N–H and O–H groups in total. The molecule has 27 heavy (non-hydrogen) atoms. The van der Waals surface area contributed by atoms with Crippen molar-refractivity contribution in [3.05, 3.63) is 23.9 Å². The maximum Gasteiger partial charge on any atom is 0.327 e. The van der Waals surface area contributed by atoms with Crippen LogP contribution in [0.5, 0.6) is 0 Å². The van der Waals surface area contributed by atoms with Gasteiger partial charge in [-0.15, -0.1) is 0 Å². The molecule has 8 heteroatoms. The lowest BCUT2D eigenvalue weighted by Crippen LogP contribution is -2.69. The number of carbonyl (C=O) groups excluding carboxylic acids is 2. The summed E-state index contributed by atoms with van der Waals surface area (Å²) < 4.78 is 0. The van der Waals surface area contributed by atoms with Crippen LogP contribution in [0.15, 0.2) is 18.3 Å². The molecule has 3 amide bonds. The molecule has 0 radical (unpaired) electrons. The zero-order valence-electron chi connectivity index (χ0n) is 15.4. The van der Waals surface area contributed by atoms with Crippen molar-refractivity contribution in [2.75, 3.05) is 5.73 Å². The van der Waals surface area contributed by atoms with Gasteiger partial charge in [0.1, 0.15) is 5.82 Å². The molecular weight excluding hydrogens is 348 g/mol. The fourth-order valence-corrected chi connectivity index (χ4v) is 4.15. The Labute approximate surface area is 158 Å². The summed E-state index contributed by atoms with van der Waals surface area (Å²) in [6, 6.07) is 1.44. The van der Waals surface area contributed by atoms with E-state index in [0.29, 0.717) is 11.7 Å². The summed E-state index contributed by atoms with van der Waals surface area (Å²) in [5, 5.41) is 12.4. The smallest absolute Gasteiger partial charge is 0.327 e. The first-order valence-electron chi connectivity index (χ1n) is 9.45. The number of carbonyl (C=O) groups is 3. The number of nitrogens with two attached hydrogens (primary N) is 1. The summed E-state index contributed by atoms with van der Waals surface area (Å²) in [6.45, 7) is 1.92. The third kappa shape index (κ3) is 4.04. The highest BCUT2D eigenvalue weighted by Crippen LogP contribution is 2.31. The standard InChI is InChI=1S/C19H26N4O4/c1-11(13-5-3-2-4-6-13)22-19(27)23-16(18(25)26)14(17(23)24)9-12-7-8-21-15(20)10-12/h7-8,10-11,13-14,16H,2-6,9H2,1H3,(H2,20,21)(H,22,27)(H,25,26)/t11-,14?,16+/m1/s1. The van der Waals surface area contributed by atoms with Crippen LogP contribution >= 0.6 is 0 Å². The number of β-lactam (4-membered cyclic amide) rings is 1. The van der Waals surface area contributed by atoms with Crippen LogP contribution in [0.3, 0.4) is 0 Å². The predicted molar refractivity (Wildman–Crippen MR) is 98.7 cm³/mol. The van der Waals surface area contributed by atoms with Gasteiger partial charge >= 0.3 is 12.0 Å². The molecule has 2 fully saturated rings. The van der Waals surface area contributed by atoms with E-state index in [4.69, 9.17) is 5.73 Å². The first-order valence-corrected chi connectivity index (χ1v) is 9.45. The van der Waals surface area contributed by atoms with E-state index in [-0.39, 0.29) is 12.5 Å². The molecule has 2 heterocycles. The van der Waals surface area contributed by atoms with Gasteiger partial charge in [0.15, 0.2) is 6.04 Å². The molecule has 0 aromatic carbocycles.